The highest BCUT2D eigenvalue weighted by Gasteiger charge is 2.14. The Kier molecular flexibility index (Phi) is 4.53. The second-order valence-electron chi connectivity index (χ2n) is 5.57. The molecule has 1 aliphatic carbocycles. The van der Waals surface area contributed by atoms with Gasteiger partial charge in [0, 0.05) is 23.6 Å². The van der Waals surface area contributed by atoms with Crippen LogP contribution >= 0.6 is 12.2 Å². The molecule has 3 rings (SSSR count). The molecule has 0 aliphatic heterocycles. The lowest BCUT2D eigenvalue weighted by molar-refractivity contribution is 0.102. The first-order chi connectivity index (χ1) is 10.7. The van der Waals surface area contributed by atoms with Crippen LogP contribution in [-0.4, -0.2) is 16.9 Å². The highest BCUT2D eigenvalue weighted by atomic mass is 32.1. The topological polar surface area (TPSA) is 56.9 Å². The number of benzene rings is 1. The van der Waals surface area contributed by atoms with Crippen molar-refractivity contribution < 1.29 is 4.79 Å². The number of aromatic nitrogens is 1. The third kappa shape index (κ3) is 3.54. The van der Waals surface area contributed by atoms with Crippen LogP contribution in [0.25, 0.3) is 0 Å². The molecule has 0 atom stereocenters. The van der Waals surface area contributed by atoms with Gasteiger partial charge in [0.2, 0.25) is 0 Å². The number of rotatable bonds is 4. The molecule has 1 heterocycles. The Morgan fingerprint density at radius 2 is 1.91 bits per heavy atom. The van der Waals surface area contributed by atoms with Gasteiger partial charge in [-0.1, -0.05) is 31.1 Å². The molecule has 3 N–H and O–H groups in total. The van der Waals surface area contributed by atoms with Crippen molar-refractivity contribution in [2.75, 3.05) is 10.6 Å². The fraction of sp³-hybridized carbons (Fsp3) is 0.294. The summed E-state index contributed by atoms with van der Waals surface area (Å²) in [5, 5.41) is 6.43. The number of amides is 1. The monoisotopic (exact) mass is 313 g/mol. The molecule has 0 spiro atoms. The number of nitrogens with one attached hydrogen (secondary N) is 3. The highest BCUT2D eigenvalue weighted by molar-refractivity contribution is 7.71. The van der Waals surface area contributed by atoms with Gasteiger partial charge < -0.3 is 15.6 Å². The van der Waals surface area contributed by atoms with E-state index in [4.69, 9.17) is 12.2 Å². The maximum atomic E-state index is 12.3. The van der Waals surface area contributed by atoms with Crippen LogP contribution in [0.2, 0.25) is 0 Å². The van der Waals surface area contributed by atoms with E-state index >= 15 is 0 Å². The molecule has 4 nitrogen and oxygen atoms in total. The Bertz CT molecular complexity index is 720. The molecular formula is C17H19N3OS. The third-order valence-corrected chi connectivity index (χ3v) is 4.25. The number of anilines is 2. The Balaban J connectivity index is 1.71. The first-order valence-corrected chi connectivity index (χ1v) is 7.99. The molecule has 114 valence electrons. The zero-order valence-corrected chi connectivity index (χ0v) is 13.1. The molecule has 1 aromatic heterocycles. The van der Waals surface area contributed by atoms with Crippen LogP contribution in [0, 0.1) is 4.64 Å². The summed E-state index contributed by atoms with van der Waals surface area (Å²) in [4.78, 5) is 15.1. The predicted molar refractivity (Wildman–Crippen MR) is 91.9 cm³/mol. The smallest absolute Gasteiger partial charge is 0.258 e. The maximum absolute atomic E-state index is 12.3. The summed E-state index contributed by atoms with van der Waals surface area (Å²) < 4.78 is 0.445. The number of carbonyl (C=O) groups excluding carboxylic acids is 1. The number of hydrogen-bond donors (Lipinski definition) is 3. The van der Waals surface area contributed by atoms with Crippen LogP contribution in [0.1, 0.15) is 36.0 Å². The van der Waals surface area contributed by atoms with Crippen molar-refractivity contribution in [1.82, 2.24) is 4.98 Å². The van der Waals surface area contributed by atoms with E-state index in [9.17, 15) is 4.79 Å². The van der Waals surface area contributed by atoms with Gasteiger partial charge in [-0.3, -0.25) is 4.79 Å². The number of carbonyl (C=O) groups is 1. The van der Waals surface area contributed by atoms with Crippen molar-refractivity contribution in [2.45, 2.75) is 31.7 Å². The van der Waals surface area contributed by atoms with Crippen molar-refractivity contribution in [1.29, 1.82) is 0 Å². The van der Waals surface area contributed by atoms with Gasteiger partial charge >= 0.3 is 0 Å². The van der Waals surface area contributed by atoms with Gasteiger partial charge in [0.25, 0.3) is 5.91 Å². The minimum absolute atomic E-state index is 0.195. The van der Waals surface area contributed by atoms with Gasteiger partial charge in [0.1, 0.15) is 4.64 Å². The summed E-state index contributed by atoms with van der Waals surface area (Å²) in [6, 6.07) is 11.9. The summed E-state index contributed by atoms with van der Waals surface area (Å²) in [7, 11) is 0. The fourth-order valence-electron chi connectivity index (χ4n) is 2.79. The lowest BCUT2D eigenvalue weighted by atomic mass is 10.2. The van der Waals surface area contributed by atoms with Crippen molar-refractivity contribution in [3.8, 4) is 0 Å². The van der Waals surface area contributed by atoms with E-state index in [1.165, 1.54) is 25.7 Å². The third-order valence-electron chi connectivity index (χ3n) is 3.91. The molecule has 0 bridgehead atoms. The zero-order valence-electron chi connectivity index (χ0n) is 12.3. The molecule has 1 aromatic carbocycles. The Morgan fingerprint density at radius 1 is 1.14 bits per heavy atom. The molecule has 22 heavy (non-hydrogen) atoms. The maximum Gasteiger partial charge on any atom is 0.258 e. The second kappa shape index (κ2) is 6.75. The number of hydrogen-bond acceptors (Lipinski definition) is 3. The van der Waals surface area contributed by atoms with Gasteiger partial charge in [-0.15, -0.1) is 0 Å². The molecule has 5 heteroatoms. The lowest BCUT2D eigenvalue weighted by Crippen LogP contribution is -2.15. The van der Waals surface area contributed by atoms with Crippen LogP contribution in [0.3, 0.4) is 0 Å². The molecular weight excluding hydrogens is 294 g/mol. The average Bonchev–Trinajstić information content (AvgIpc) is 3.01. The first kappa shape index (κ1) is 14.8. The standard InChI is InChI=1S/C17H19N3OS/c21-16(15-9-4-10-18-17(15)22)20-14-8-3-7-13(11-14)19-12-5-1-2-6-12/h3-4,7-12,19H,1-2,5-6H2,(H,18,22)(H,20,21). The minimum Gasteiger partial charge on any atom is -0.382 e. The van der Waals surface area contributed by atoms with E-state index in [1.54, 1.807) is 18.3 Å². The predicted octanol–water partition coefficient (Wildman–Crippen LogP) is 4.35. The molecule has 0 saturated heterocycles. The molecule has 0 radical (unpaired) electrons. The molecule has 2 aromatic rings. The average molecular weight is 313 g/mol. The van der Waals surface area contributed by atoms with Gasteiger partial charge in [0.15, 0.2) is 0 Å². The van der Waals surface area contributed by atoms with Gasteiger partial charge in [-0.25, -0.2) is 0 Å². The van der Waals surface area contributed by atoms with Gasteiger partial charge in [-0.05, 0) is 43.2 Å². The quantitative estimate of drug-likeness (QED) is 0.735. The Hall–Kier alpha value is -2.14. The molecule has 1 aliphatic rings. The summed E-state index contributed by atoms with van der Waals surface area (Å²) in [6.07, 6.45) is 6.73. The molecule has 1 saturated carbocycles. The van der Waals surface area contributed by atoms with Crippen molar-refractivity contribution in [3.63, 3.8) is 0 Å². The molecule has 1 amide bonds. The van der Waals surface area contributed by atoms with Crippen LogP contribution < -0.4 is 10.6 Å². The van der Waals surface area contributed by atoms with Crippen molar-refractivity contribution in [3.05, 3.63) is 52.8 Å². The summed E-state index contributed by atoms with van der Waals surface area (Å²) in [5.74, 6) is -0.195. The first-order valence-electron chi connectivity index (χ1n) is 7.58. The van der Waals surface area contributed by atoms with Crippen LogP contribution in [0.4, 0.5) is 11.4 Å². The van der Waals surface area contributed by atoms with E-state index in [0.717, 1.165) is 11.4 Å². The number of aromatic amines is 1. The van der Waals surface area contributed by atoms with Crippen molar-refractivity contribution in [2.24, 2.45) is 0 Å². The fourth-order valence-corrected chi connectivity index (χ4v) is 3.02. The van der Waals surface area contributed by atoms with Crippen molar-refractivity contribution >= 4 is 29.5 Å². The Labute approximate surface area is 135 Å². The lowest BCUT2D eigenvalue weighted by Gasteiger charge is -2.14. The van der Waals surface area contributed by atoms with E-state index in [0.29, 0.717) is 16.2 Å². The second-order valence-corrected chi connectivity index (χ2v) is 5.98. The minimum atomic E-state index is -0.195. The van der Waals surface area contributed by atoms with E-state index in [-0.39, 0.29) is 5.91 Å². The van der Waals surface area contributed by atoms with E-state index in [1.807, 2.05) is 24.3 Å². The zero-order chi connectivity index (χ0) is 15.4. The normalized spacial score (nSPS) is 14.7. The van der Waals surface area contributed by atoms with E-state index in [2.05, 4.69) is 15.6 Å². The summed E-state index contributed by atoms with van der Waals surface area (Å²) in [6.45, 7) is 0. The van der Waals surface area contributed by atoms with E-state index < -0.39 is 0 Å². The van der Waals surface area contributed by atoms with Gasteiger partial charge in [0.05, 0.1) is 5.56 Å². The summed E-state index contributed by atoms with van der Waals surface area (Å²) >= 11 is 5.14. The van der Waals surface area contributed by atoms with Gasteiger partial charge in [-0.2, -0.15) is 0 Å². The number of H-pyrrole nitrogens is 1. The van der Waals surface area contributed by atoms with Crippen LogP contribution in [0.5, 0.6) is 0 Å². The molecule has 0 unspecified atom stereocenters. The summed E-state index contributed by atoms with van der Waals surface area (Å²) in [5.41, 5.74) is 2.29. The van der Waals surface area contributed by atoms with Crippen LogP contribution in [-0.2, 0) is 0 Å². The largest absolute Gasteiger partial charge is 0.382 e. The SMILES string of the molecule is O=C(Nc1cccc(NC2CCCC2)c1)c1ccc[nH]c1=S. The number of pyridine rings is 1. The Morgan fingerprint density at radius 3 is 2.68 bits per heavy atom. The highest BCUT2D eigenvalue weighted by Crippen LogP contribution is 2.24. The van der Waals surface area contributed by atoms with Crippen LogP contribution in [0.15, 0.2) is 42.6 Å². The molecule has 1 fully saturated rings.